The van der Waals surface area contributed by atoms with Gasteiger partial charge in [-0.2, -0.15) is 15.0 Å². The van der Waals surface area contributed by atoms with Crippen LogP contribution >= 0.6 is 23.3 Å². The second kappa shape index (κ2) is 6.55. The van der Waals surface area contributed by atoms with Gasteiger partial charge in [0.15, 0.2) is 4.34 Å². The number of hydrogen-bond acceptors (Lipinski definition) is 6. The smallest absolute Gasteiger partial charge is 0.325 e. The number of fused-ring (bicyclic) bond motifs is 1. The van der Waals surface area contributed by atoms with Crippen LogP contribution in [0.25, 0.3) is 11.0 Å². The fourth-order valence-electron chi connectivity index (χ4n) is 1.66. The second-order valence-electron chi connectivity index (χ2n) is 4.04. The molecule has 0 aliphatic heterocycles. The molecule has 0 fully saturated rings. The third-order valence-electron chi connectivity index (χ3n) is 2.57. The van der Waals surface area contributed by atoms with Crippen LogP contribution in [-0.4, -0.2) is 32.6 Å². The molecule has 0 spiro atoms. The monoisotopic (exact) mass is 320 g/mol. The van der Waals surface area contributed by atoms with E-state index in [4.69, 9.17) is 0 Å². The van der Waals surface area contributed by atoms with E-state index in [1.165, 1.54) is 23.3 Å². The van der Waals surface area contributed by atoms with Gasteiger partial charge in [-0.15, -0.1) is 11.3 Å². The van der Waals surface area contributed by atoms with E-state index in [0.717, 1.165) is 15.4 Å². The molecule has 0 atom stereocenters. The number of nitrogens with one attached hydrogen (secondary N) is 2. The Kier molecular flexibility index (Phi) is 4.31. The van der Waals surface area contributed by atoms with Gasteiger partial charge in [-0.3, -0.25) is 4.72 Å². The summed E-state index contributed by atoms with van der Waals surface area (Å²) in [6.45, 7) is 0.968. The molecule has 0 unspecified atom stereocenters. The maximum Gasteiger partial charge on any atom is 0.325 e. The number of rotatable bonds is 5. The minimum atomic E-state index is -0.257. The summed E-state index contributed by atoms with van der Waals surface area (Å²) in [6.07, 6.45) is 1.70. The van der Waals surface area contributed by atoms with Gasteiger partial charge in [-0.25, -0.2) is 9.78 Å². The molecule has 0 saturated carbocycles. The van der Waals surface area contributed by atoms with E-state index in [2.05, 4.69) is 25.2 Å². The van der Waals surface area contributed by atoms with Crippen LogP contribution in [0, 0.1) is 0 Å². The lowest BCUT2D eigenvalue weighted by atomic mass is 10.3. The number of amides is 2. The van der Waals surface area contributed by atoms with E-state index in [0.29, 0.717) is 13.1 Å². The standard InChI is InChI=1S/C12H12N6OS2/c19-11(17-21-12-14-6-8-20-12)13-5-7-18-15-9-3-1-2-4-10(9)16-18/h1-4,6,8H,5,7H2,(H2,13,17,19). The van der Waals surface area contributed by atoms with Gasteiger partial charge in [-0.1, -0.05) is 12.1 Å². The van der Waals surface area contributed by atoms with E-state index in [1.54, 1.807) is 11.0 Å². The molecule has 108 valence electrons. The first-order chi connectivity index (χ1) is 10.3. The SMILES string of the molecule is O=C(NCCn1nc2ccccc2n1)NSc1nccs1. The van der Waals surface area contributed by atoms with Crippen molar-refractivity contribution in [2.75, 3.05) is 6.54 Å². The Hall–Kier alpha value is -2.13. The molecule has 2 aromatic heterocycles. The molecule has 7 nitrogen and oxygen atoms in total. The van der Waals surface area contributed by atoms with Gasteiger partial charge in [-0.05, 0) is 12.1 Å². The third kappa shape index (κ3) is 3.70. The largest absolute Gasteiger partial charge is 0.336 e. The Morgan fingerprint density at radius 1 is 1.29 bits per heavy atom. The van der Waals surface area contributed by atoms with Crippen LogP contribution < -0.4 is 10.0 Å². The number of aromatic nitrogens is 4. The fraction of sp³-hybridized carbons (Fsp3) is 0.167. The van der Waals surface area contributed by atoms with Crippen molar-refractivity contribution in [3.05, 3.63) is 35.8 Å². The highest BCUT2D eigenvalue weighted by Gasteiger charge is 2.04. The van der Waals surface area contributed by atoms with E-state index < -0.39 is 0 Å². The molecule has 21 heavy (non-hydrogen) atoms. The Bertz CT molecular complexity index is 693. The first-order valence-corrected chi connectivity index (χ1v) is 7.91. The van der Waals surface area contributed by atoms with Crippen molar-refractivity contribution in [3.8, 4) is 0 Å². The number of nitrogens with zero attached hydrogens (tertiary/aromatic N) is 4. The fourth-order valence-corrected chi connectivity index (χ4v) is 2.87. The van der Waals surface area contributed by atoms with Crippen molar-refractivity contribution in [3.63, 3.8) is 0 Å². The average molecular weight is 320 g/mol. The lowest BCUT2D eigenvalue weighted by molar-refractivity contribution is 0.245. The lowest BCUT2D eigenvalue weighted by Gasteiger charge is -2.04. The predicted molar refractivity (Wildman–Crippen MR) is 82.0 cm³/mol. The van der Waals surface area contributed by atoms with Gasteiger partial charge in [0.25, 0.3) is 0 Å². The van der Waals surface area contributed by atoms with E-state index in [1.807, 2.05) is 29.6 Å². The Morgan fingerprint density at radius 2 is 2.05 bits per heavy atom. The van der Waals surface area contributed by atoms with E-state index in [-0.39, 0.29) is 6.03 Å². The van der Waals surface area contributed by atoms with Crippen molar-refractivity contribution in [1.82, 2.24) is 30.0 Å². The summed E-state index contributed by atoms with van der Waals surface area (Å²) in [4.78, 5) is 17.2. The maximum atomic E-state index is 11.6. The van der Waals surface area contributed by atoms with Crippen LogP contribution in [0.1, 0.15) is 0 Å². The molecule has 0 saturated heterocycles. The molecule has 2 N–H and O–H groups in total. The van der Waals surface area contributed by atoms with E-state index >= 15 is 0 Å². The van der Waals surface area contributed by atoms with Crippen LogP contribution in [0.15, 0.2) is 40.2 Å². The van der Waals surface area contributed by atoms with E-state index in [9.17, 15) is 4.79 Å². The molecule has 9 heteroatoms. The molecule has 2 amide bonds. The van der Waals surface area contributed by atoms with Crippen molar-refractivity contribution in [2.24, 2.45) is 0 Å². The number of carbonyl (C=O) groups excluding carboxylic acids is 1. The van der Waals surface area contributed by atoms with Gasteiger partial charge < -0.3 is 5.32 Å². The molecule has 2 heterocycles. The van der Waals surface area contributed by atoms with Crippen LogP contribution in [0.4, 0.5) is 4.79 Å². The molecule has 0 aliphatic rings. The molecule has 3 aromatic rings. The van der Waals surface area contributed by atoms with Crippen molar-refractivity contribution in [1.29, 1.82) is 0 Å². The summed E-state index contributed by atoms with van der Waals surface area (Å²) < 4.78 is 3.46. The predicted octanol–water partition coefficient (Wildman–Crippen LogP) is 1.89. The highest BCUT2D eigenvalue weighted by Crippen LogP contribution is 2.16. The molecule has 1 aromatic carbocycles. The molecule has 0 aliphatic carbocycles. The first kappa shape index (κ1) is 13.8. The molecular weight excluding hydrogens is 308 g/mol. The number of hydrogen-bond donors (Lipinski definition) is 2. The minimum Gasteiger partial charge on any atom is -0.336 e. The highest BCUT2D eigenvalue weighted by atomic mass is 32.2. The van der Waals surface area contributed by atoms with Gasteiger partial charge in [0.05, 0.1) is 6.54 Å². The number of urea groups is 1. The molecule has 3 rings (SSSR count). The summed E-state index contributed by atoms with van der Waals surface area (Å²) in [7, 11) is 0. The van der Waals surface area contributed by atoms with Crippen LogP contribution in [0.3, 0.4) is 0 Å². The van der Waals surface area contributed by atoms with Crippen molar-refractivity contribution >= 4 is 40.3 Å². The van der Waals surface area contributed by atoms with Crippen LogP contribution in [0.2, 0.25) is 0 Å². The zero-order valence-electron chi connectivity index (χ0n) is 10.9. The summed E-state index contributed by atoms with van der Waals surface area (Å²) in [5, 5.41) is 13.2. The van der Waals surface area contributed by atoms with Gasteiger partial charge in [0.1, 0.15) is 11.0 Å². The zero-order chi connectivity index (χ0) is 14.5. The Morgan fingerprint density at radius 3 is 2.71 bits per heavy atom. The average Bonchev–Trinajstić information content (AvgIpc) is 3.14. The highest BCUT2D eigenvalue weighted by molar-refractivity contribution is 7.99. The van der Waals surface area contributed by atoms with Gasteiger partial charge in [0.2, 0.25) is 0 Å². The van der Waals surface area contributed by atoms with Crippen molar-refractivity contribution < 1.29 is 4.79 Å². The second-order valence-corrected chi connectivity index (χ2v) is 5.99. The topological polar surface area (TPSA) is 84.7 Å². The maximum absolute atomic E-state index is 11.6. The zero-order valence-corrected chi connectivity index (χ0v) is 12.5. The van der Waals surface area contributed by atoms with Gasteiger partial charge >= 0.3 is 6.03 Å². The summed E-state index contributed by atoms with van der Waals surface area (Å²) in [5.74, 6) is 0. The summed E-state index contributed by atoms with van der Waals surface area (Å²) in [6, 6.07) is 7.39. The molecule has 0 bridgehead atoms. The van der Waals surface area contributed by atoms with Crippen LogP contribution in [-0.2, 0) is 6.54 Å². The molecular formula is C12H12N6OS2. The third-order valence-corrected chi connectivity index (χ3v) is 4.24. The summed E-state index contributed by atoms with van der Waals surface area (Å²) >= 11 is 2.67. The van der Waals surface area contributed by atoms with Gasteiger partial charge in [0, 0.05) is 30.1 Å². The quantitative estimate of drug-likeness (QED) is 0.701. The number of benzene rings is 1. The normalized spacial score (nSPS) is 10.7. The minimum absolute atomic E-state index is 0.257. The van der Waals surface area contributed by atoms with Crippen LogP contribution in [0.5, 0.6) is 0 Å². The Labute approximate surface area is 128 Å². The first-order valence-electron chi connectivity index (χ1n) is 6.21. The number of carbonyl (C=O) groups is 1. The lowest BCUT2D eigenvalue weighted by Crippen LogP contribution is -2.33. The van der Waals surface area contributed by atoms with Crippen molar-refractivity contribution in [2.45, 2.75) is 10.9 Å². The molecule has 0 radical (unpaired) electrons. The Balaban J connectivity index is 1.44. The summed E-state index contributed by atoms with van der Waals surface area (Å²) in [5.41, 5.74) is 1.70. The number of thiazole rings is 1.